The van der Waals surface area contributed by atoms with Gasteiger partial charge in [0.1, 0.15) is 5.78 Å². The third-order valence-corrected chi connectivity index (χ3v) is 6.83. The Kier molecular flexibility index (Phi) is 13.4. The van der Waals surface area contributed by atoms with Gasteiger partial charge in [0, 0.05) is 25.2 Å². The molecule has 0 bridgehead atoms. The van der Waals surface area contributed by atoms with Crippen LogP contribution >= 0.6 is 14.7 Å². The van der Waals surface area contributed by atoms with E-state index in [0.717, 1.165) is 0 Å². The van der Waals surface area contributed by atoms with Crippen molar-refractivity contribution in [2.75, 3.05) is 20.0 Å². The molecule has 0 radical (unpaired) electrons. The summed E-state index contributed by atoms with van der Waals surface area (Å²) < 4.78 is 28.2. The molecule has 0 aromatic heterocycles. The maximum absolute atomic E-state index is 11.9. The molecule has 0 aliphatic heterocycles. The number of hydrogen-bond acceptors (Lipinski definition) is 4. The summed E-state index contributed by atoms with van der Waals surface area (Å²) in [6.45, 7) is 13.0. The minimum atomic E-state index is -2.76. The topological polar surface area (TPSA) is 60.4 Å². The van der Waals surface area contributed by atoms with Crippen LogP contribution in [0.5, 0.6) is 0 Å². The summed E-state index contributed by atoms with van der Waals surface area (Å²) in [7, 11) is -5.41. The lowest BCUT2D eigenvalue weighted by molar-refractivity contribution is -0.114. The second kappa shape index (κ2) is 9.07. The van der Waals surface area contributed by atoms with Crippen molar-refractivity contribution in [1.82, 2.24) is 0 Å². The van der Waals surface area contributed by atoms with Crippen LogP contribution in [-0.2, 0) is 18.2 Å². The molecule has 114 valence electrons. The highest BCUT2D eigenvalue weighted by Crippen LogP contribution is 2.64. The second-order valence-electron chi connectivity index (χ2n) is 5.26. The van der Waals surface area contributed by atoms with Gasteiger partial charge in [-0.2, -0.15) is 0 Å². The lowest BCUT2D eigenvalue weighted by atomic mass is 10.3. The van der Waals surface area contributed by atoms with E-state index in [1.54, 1.807) is 0 Å². The Balaban J connectivity index is -0.000000143. The molecule has 0 aromatic carbocycles. The van der Waals surface area contributed by atoms with Gasteiger partial charge in [-0.1, -0.05) is 35.6 Å². The van der Waals surface area contributed by atoms with Crippen molar-refractivity contribution >= 4 is 20.5 Å². The van der Waals surface area contributed by atoms with E-state index in [4.69, 9.17) is 4.31 Å². The van der Waals surface area contributed by atoms with Crippen molar-refractivity contribution in [2.45, 2.75) is 54.6 Å². The lowest BCUT2D eigenvalue weighted by Gasteiger charge is -2.28. The van der Waals surface area contributed by atoms with E-state index in [-0.39, 0.29) is 20.6 Å². The fourth-order valence-corrected chi connectivity index (χ4v) is 4.48. The van der Waals surface area contributed by atoms with Crippen molar-refractivity contribution in [2.24, 2.45) is 0 Å². The Morgan fingerprint density at radius 2 is 1.17 bits per heavy atom. The summed E-state index contributed by atoms with van der Waals surface area (Å²) in [6, 6.07) is 0. The first-order chi connectivity index (χ1) is 6.69. The van der Waals surface area contributed by atoms with Crippen LogP contribution in [0.25, 0.3) is 0 Å². The van der Waals surface area contributed by atoms with Crippen LogP contribution in [-0.4, -0.2) is 30.9 Å². The Hall–Kier alpha value is 0.0900. The first kappa shape index (κ1) is 26.6. The molecular formula is C12H32O4P2. The van der Waals surface area contributed by atoms with E-state index in [1.807, 2.05) is 20.8 Å². The van der Waals surface area contributed by atoms with Crippen LogP contribution < -0.4 is 0 Å². The third kappa shape index (κ3) is 16.1. The summed E-state index contributed by atoms with van der Waals surface area (Å²) in [5.41, 5.74) is 0. The normalized spacial score (nSPS) is 14.0. The van der Waals surface area contributed by atoms with Gasteiger partial charge in [-0.15, -0.1) is 0 Å². The monoisotopic (exact) mass is 302 g/mol. The average molecular weight is 302 g/mol. The molecule has 0 N–H and O–H groups in total. The van der Waals surface area contributed by atoms with Gasteiger partial charge in [-0.25, -0.2) is 0 Å². The molecule has 0 fully saturated rings. The molecule has 0 spiro atoms. The zero-order valence-corrected chi connectivity index (χ0v) is 13.3. The zero-order chi connectivity index (χ0) is 13.8. The maximum Gasteiger partial charge on any atom is 0.210 e. The number of carbonyl (C=O) groups excluding carboxylic acids is 1. The van der Waals surface area contributed by atoms with E-state index in [0.29, 0.717) is 0 Å². The van der Waals surface area contributed by atoms with Crippen LogP contribution in [0, 0.1) is 0 Å². The smallest absolute Gasteiger partial charge is 0.210 e. The van der Waals surface area contributed by atoms with Crippen molar-refractivity contribution in [1.29, 1.82) is 0 Å². The highest BCUT2D eigenvalue weighted by molar-refractivity contribution is 7.71. The quantitative estimate of drug-likeness (QED) is 0.665. The van der Waals surface area contributed by atoms with E-state index in [2.05, 4.69) is 0 Å². The molecule has 6 heteroatoms. The molecule has 0 aliphatic carbocycles. The van der Waals surface area contributed by atoms with E-state index < -0.39 is 19.9 Å². The molecule has 0 saturated carbocycles. The Morgan fingerprint density at radius 1 is 0.944 bits per heavy atom. The summed E-state index contributed by atoms with van der Waals surface area (Å²) in [6.07, 6.45) is 0. The molecule has 1 unspecified atom stereocenters. The Labute approximate surface area is 114 Å². The number of hydrogen-bond donors (Lipinski definition) is 0. The molecule has 0 amide bonds. The molecule has 0 rings (SSSR count). The minimum absolute atomic E-state index is 0. The van der Waals surface area contributed by atoms with E-state index in [1.165, 1.54) is 33.8 Å². The van der Waals surface area contributed by atoms with Crippen molar-refractivity contribution < 1.29 is 18.2 Å². The van der Waals surface area contributed by atoms with Gasteiger partial charge < -0.3 is 4.79 Å². The number of Topliss-reactive ketones (excluding diaryl/α,β-unsaturated/α-hetero) is 1. The molecule has 0 aromatic rings. The van der Waals surface area contributed by atoms with E-state index in [9.17, 15) is 13.9 Å². The largest absolute Gasteiger partial charge is 0.300 e. The lowest BCUT2D eigenvalue weighted by Crippen LogP contribution is -2.15. The van der Waals surface area contributed by atoms with Crippen LogP contribution in [0.4, 0.5) is 0 Å². The molecule has 18 heavy (non-hydrogen) atoms. The number of carbonyl (C=O) groups is 1. The average Bonchev–Trinajstić information content (AvgIpc) is 1.74. The molecule has 0 heterocycles. The van der Waals surface area contributed by atoms with Crippen LogP contribution in [0.3, 0.4) is 0 Å². The molecule has 4 nitrogen and oxygen atoms in total. The van der Waals surface area contributed by atoms with Gasteiger partial charge in [0.15, 0.2) is 0 Å². The summed E-state index contributed by atoms with van der Waals surface area (Å²) in [4.78, 5) is 9.44. The SMILES string of the molecule is C.C.CC(C)(C)P(C)(=O)OP(C)(C)=O.CC(C)=O. The van der Waals surface area contributed by atoms with Gasteiger partial charge in [-0.05, 0) is 13.8 Å². The van der Waals surface area contributed by atoms with Crippen molar-refractivity contribution in [3.05, 3.63) is 0 Å². The molecule has 0 aliphatic rings. The standard InChI is InChI=1S/C7H18O3P2.C3H6O.2CH4/c1-7(2,3)12(6,9)10-11(4,5)8;1-3(2)4;;/h1-6H3;1-2H3;2*1H4. The van der Waals surface area contributed by atoms with Gasteiger partial charge in [0.2, 0.25) is 14.7 Å². The third-order valence-electron chi connectivity index (χ3n) is 1.57. The summed E-state index contributed by atoms with van der Waals surface area (Å²) >= 11 is 0. The molecular weight excluding hydrogens is 270 g/mol. The summed E-state index contributed by atoms with van der Waals surface area (Å²) in [5.74, 6) is 0.167. The molecule has 1 atom stereocenters. The van der Waals surface area contributed by atoms with Crippen LogP contribution in [0.2, 0.25) is 0 Å². The maximum atomic E-state index is 11.9. The van der Waals surface area contributed by atoms with Crippen molar-refractivity contribution in [3.8, 4) is 0 Å². The predicted octanol–water partition coefficient (Wildman–Crippen LogP) is 5.11. The van der Waals surface area contributed by atoms with Crippen LogP contribution in [0.1, 0.15) is 49.5 Å². The minimum Gasteiger partial charge on any atom is -0.300 e. The summed E-state index contributed by atoms with van der Waals surface area (Å²) in [5, 5.41) is -0.436. The van der Waals surface area contributed by atoms with Crippen LogP contribution in [0.15, 0.2) is 0 Å². The van der Waals surface area contributed by atoms with Gasteiger partial charge in [0.05, 0.1) is 0 Å². The Bertz CT molecular complexity index is 319. The predicted molar refractivity (Wildman–Crippen MR) is 83.6 cm³/mol. The number of ketones is 1. The first-order valence-electron chi connectivity index (χ1n) is 5.00. The second-order valence-corrected chi connectivity index (χ2v) is 11.4. The highest BCUT2D eigenvalue weighted by Gasteiger charge is 2.36. The van der Waals surface area contributed by atoms with Gasteiger partial charge in [0.25, 0.3) is 0 Å². The van der Waals surface area contributed by atoms with Gasteiger partial charge in [-0.3, -0.25) is 13.4 Å². The van der Waals surface area contributed by atoms with Crippen molar-refractivity contribution in [3.63, 3.8) is 0 Å². The fraction of sp³-hybridized carbons (Fsp3) is 0.917. The van der Waals surface area contributed by atoms with E-state index >= 15 is 0 Å². The Morgan fingerprint density at radius 3 is 1.22 bits per heavy atom. The zero-order valence-electron chi connectivity index (χ0n) is 11.5. The highest BCUT2D eigenvalue weighted by atomic mass is 31.2. The fourth-order valence-electron chi connectivity index (χ4n) is 0.498. The number of rotatable bonds is 2. The first-order valence-corrected chi connectivity index (χ1v) is 9.59. The molecule has 0 saturated heterocycles. The van der Waals surface area contributed by atoms with Gasteiger partial charge >= 0.3 is 0 Å².